The molecule has 3 rings (SSSR count). The summed E-state index contributed by atoms with van der Waals surface area (Å²) in [7, 11) is 0. The number of anilines is 1. The second-order valence-corrected chi connectivity index (χ2v) is 4.92. The molecule has 0 bridgehead atoms. The molecule has 9 heteroatoms. The van der Waals surface area contributed by atoms with E-state index in [0.717, 1.165) is 17.1 Å². The van der Waals surface area contributed by atoms with E-state index in [1.165, 1.54) is 0 Å². The van der Waals surface area contributed by atoms with Gasteiger partial charge in [-0.1, -0.05) is 35.5 Å². The molecule has 0 aliphatic heterocycles. The van der Waals surface area contributed by atoms with E-state index in [9.17, 15) is 4.79 Å². The number of aromatic amines is 1. The van der Waals surface area contributed by atoms with Gasteiger partial charge in [-0.3, -0.25) is 4.79 Å². The summed E-state index contributed by atoms with van der Waals surface area (Å²) in [5.74, 6) is 0.0895. The van der Waals surface area contributed by atoms with Crippen molar-refractivity contribution in [1.29, 1.82) is 0 Å². The van der Waals surface area contributed by atoms with Gasteiger partial charge in [-0.2, -0.15) is 9.59 Å². The van der Waals surface area contributed by atoms with E-state index in [0.29, 0.717) is 22.1 Å². The Balaban J connectivity index is 1.77. The molecule has 1 aromatic carbocycles. The highest BCUT2D eigenvalue weighted by Gasteiger charge is 2.18. The third-order valence-corrected chi connectivity index (χ3v) is 3.64. The van der Waals surface area contributed by atoms with Gasteiger partial charge in [0.2, 0.25) is 0 Å². The van der Waals surface area contributed by atoms with E-state index >= 15 is 0 Å². The van der Waals surface area contributed by atoms with Crippen LogP contribution in [0.3, 0.4) is 0 Å². The molecule has 2 aromatic heterocycles. The summed E-state index contributed by atoms with van der Waals surface area (Å²) >= 11 is 1.07. The normalized spacial score (nSPS) is 10.5. The standard InChI is InChI=1S/C12H11N7OS/c13-9-10(7-4-2-1-3-5-7)17-21-11(9)12(20)14-6-8-15-18-19-16-8/h1-5H,6,13H2,(H,14,20)(H,15,16,18,19). The zero-order chi connectivity index (χ0) is 14.7. The Morgan fingerprint density at radius 2 is 2.14 bits per heavy atom. The Hall–Kier alpha value is -2.81. The first kappa shape index (κ1) is 13.2. The molecule has 0 unspecified atom stereocenters. The number of carbonyl (C=O) groups excluding carboxylic acids is 1. The highest BCUT2D eigenvalue weighted by molar-refractivity contribution is 7.09. The maximum absolute atomic E-state index is 12.1. The number of nitrogens with two attached hydrogens (primary N) is 1. The van der Waals surface area contributed by atoms with Crippen LogP contribution in [0.2, 0.25) is 0 Å². The molecule has 0 saturated heterocycles. The number of amides is 1. The van der Waals surface area contributed by atoms with Crippen molar-refractivity contribution in [2.24, 2.45) is 0 Å². The lowest BCUT2D eigenvalue weighted by Crippen LogP contribution is -2.23. The molecule has 4 N–H and O–H groups in total. The summed E-state index contributed by atoms with van der Waals surface area (Å²) in [6.07, 6.45) is 0. The smallest absolute Gasteiger partial charge is 0.265 e. The molecule has 21 heavy (non-hydrogen) atoms. The number of nitrogens with zero attached hydrogens (tertiary/aromatic N) is 4. The molecule has 0 aliphatic carbocycles. The van der Waals surface area contributed by atoms with Crippen LogP contribution in [0.5, 0.6) is 0 Å². The molecule has 0 spiro atoms. The average molecular weight is 301 g/mol. The lowest BCUT2D eigenvalue weighted by molar-refractivity contribution is 0.0955. The number of nitrogen functional groups attached to an aromatic ring is 1. The molecule has 0 saturated carbocycles. The van der Waals surface area contributed by atoms with E-state index in [-0.39, 0.29) is 12.5 Å². The summed E-state index contributed by atoms with van der Waals surface area (Å²) in [5, 5.41) is 15.9. The Labute approximate surface area is 123 Å². The number of rotatable bonds is 4. The van der Waals surface area contributed by atoms with Gasteiger partial charge in [0.15, 0.2) is 5.82 Å². The number of aromatic nitrogens is 5. The topological polar surface area (TPSA) is 122 Å². The summed E-state index contributed by atoms with van der Waals surface area (Å²) in [6.45, 7) is 0.174. The van der Waals surface area contributed by atoms with Crippen molar-refractivity contribution in [3.05, 3.63) is 41.0 Å². The minimum atomic E-state index is -0.308. The Kier molecular flexibility index (Phi) is 3.56. The Morgan fingerprint density at radius 1 is 1.33 bits per heavy atom. The van der Waals surface area contributed by atoms with Crippen LogP contribution >= 0.6 is 11.5 Å². The zero-order valence-electron chi connectivity index (χ0n) is 10.8. The molecular weight excluding hydrogens is 290 g/mol. The van der Waals surface area contributed by atoms with Gasteiger partial charge in [0.25, 0.3) is 5.91 Å². The number of benzene rings is 1. The largest absolute Gasteiger partial charge is 0.396 e. The van der Waals surface area contributed by atoms with Gasteiger partial charge in [-0.25, -0.2) is 0 Å². The first-order valence-electron chi connectivity index (χ1n) is 6.07. The highest BCUT2D eigenvalue weighted by atomic mass is 32.1. The van der Waals surface area contributed by atoms with Gasteiger partial charge in [0.1, 0.15) is 10.6 Å². The highest BCUT2D eigenvalue weighted by Crippen LogP contribution is 2.30. The molecule has 0 radical (unpaired) electrons. The summed E-state index contributed by atoms with van der Waals surface area (Å²) in [5.41, 5.74) is 7.89. The minimum Gasteiger partial charge on any atom is -0.396 e. The van der Waals surface area contributed by atoms with E-state index in [4.69, 9.17) is 5.73 Å². The molecular formula is C12H11N7OS. The Morgan fingerprint density at radius 3 is 2.86 bits per heavy atom. The SMILES string of the molecule is Nc1c(-c2ccccc2)nsc1C(=O)NCc1nn[nH]n1. The van der Waals surface area contributed by atoms with E-state index in [2.05, 4.69) is 30.3 Å². The number of hydrogen-bond acceptors (Lipinski definition) is 7. The van der Waals surface area contributed by atoms with Gasteiger partial charge < -0.3 is 11.1 Å². The molecule has 3 aromatic rings. The van der Waals surface area contributed by atoms with Gasteiger partial charge >= 0.3 is 0 Å². The summed E-state index contributed by atoms with van der Waals surface area (Å²) in [6, 6.07) is 9.48. The number of hydrogen-bond donors (Lipinski definition) is 3. The lowest BCUT2D eigenvalue weighted by Gasteiger charge is -2.01. The van der Waals surface area contributed by atoms with Crippen molar-refractivity contribution in [2.75, 3.05) is 5.73 Å². The number of carbonyl (C=O) groups is 1. The van der Waals surface area contributed by atoms with Gasteiger partial charge in [-0.15, -0.1) is 10.2 Å². The van der Waals surface area contributed by atoms with Crippen molar-refractivity contribution >= 4 is 23.1 Å². The van der Waals surface area contributed by atoms with Crippen molar-refractivity contribution in [1.82, 2.24) is 30.3 Å². The molecule has 106 valence electrons. The summed E-state index contributed by atoms with van der Waals surface area (Å²) in [4.78, 5) is 12.5. The van der Waals surface area contributed by atoms with E-state index < -0.39 is 0 Å². The fourth-order valence-electron chi connectivity index (χ4n) is 1.76. The molecule has 2 heterocycles. The molecule has 8 nitrogen and oxygen atoms in total. The first-order chi connectivity index (χ1) is 10.3. The molecule has 1 amide bonds. The van der Waals surface area contributed by atoms with Crippen LogP contribution < -0.4 is 11.1 Å². The van der Waals surface area contributed by atoms with E-state index in [1.54, 1.807) is 0 Å². The van der Waals surface area contributed by atoms with Crippen LogP contribution in [0.1, 0.15) is 15.5 Å². The quantitative estimate of drug-likeness (QED) is 0.656. The van der Waals surface area contributed by atoms with E-state index in [1.807, 2.05) is 30.3 Å². The number of H-pyrrole nitrogens is 1. The van der Waals surface area contributed by atoms with Crippen molar-refractivity contribution in [3.63, 3.8) is 0 Å². The molecule has 0 atom stereocenters. The van der Waals surface area contributed by atoms with Crippen LogP contribution in [0, 0.1) is 0 Å². The van der Waals surface area contributed by atoms with Crippen LogP contribution in [-0.4, -0.2) is 30.9 Å². The molecule has 0 aliphatic rings. The van der Waals surface area contributed by atoms with Crippen LogP contribution in [0.15, 0.2) is 30.3 Å². The van der Waals surface area contributed by atoms with Gasteiger partial charge in [0, 0.05) is 5.56 Å². The minimum absolute atomic E-state index is 0.174. The van der Waals surface area contributed by atoms with Crippen LogP contribution in [0.4, 0.5) is 5.69 Å². The van der Waals surface area contributed by atoms with Crippen LogP contribution in [0.25, 0.3) is 11.3 Å². The van der Waals surface area contributed by atoms with Crippen molar-refractivity contribution < 1.29 is 4.79 Å². The van der Waals surface area contributed by atoms with Crippen LogP contribution in [-0.2, 0) is 6.54 Å². The lowest BCUT2D eigenvalue weighted by atomic mass is 10.1. The predicted molar refractivity (Wildman–Crippen MR) is 77.3 cm³/mol. The van der Waals surface area contributed by atoms with Gasteiger partial charge in [-0.05, 0) is 11.5 Å². The number of nitrogens with one attached hydrogen (secondary N) is 2. The van der Waals surface area contributed by atoms with Gasteiger partial charge in [0.05, 0.1) is 12.2 Å². The third-order valence-electron chi connectivity index (χ3n) is 2.78. The average Bonchev–Trinajstić information content (AvgIpc) is 3.15. The fourth-order valence-corrected chi connectivity index (χ4v) is 2.50. The Bertz CT molecular complexity index is 738. The maximum Gasteiger partial charge on any atom is 0.265 e. The molecule has 0 fully saturated rings. The second-order valence-electron chi connectivity index (χ2n) is 4.15. The second kappa shape index (κ2) is 5.67. The zero-order valence-corrected chi connectivity index (χ0v) is 11.6. The first-order valence-corrected chi connectivity index (χ1v) is 6.84. The number of tetrazole rings is 1. The maximum atomic E-state index is 12.1. The summed E-state index contributed by atoms with van der Waals surface area (Å²) < 4.78 is 4.26. The fraction of sp³-hybridized carbons (Fsp3) is 0.0833. The van der Waals surface area contributed by atoms with Crippen molar-refractivity contribution in [3.8, 4) is 11.3 Å². The van der Waals surface area contributed by atoms with Crippen molar-refractivity contribution in [2.45, 2.75) is 6.54 Å². The monoisotopic (exact) mass is 301 g/mol. The third kappa shape index (κ3) is 2.72. The predicted octanol–water partition coefficient (Wildman–Crippen LogP) is 0.835.